The molecule has 0 fully saturated rings. The Hall–Kier alpha value is -0.540. The molecule has 13 heavy (non-hydrogen) atoms. The average Bonchev–Trinajstić information content (AvgIpc) is 2.05. The molecule has 1 aromatic carbocycles. The van der Waals surface area contributed by atoms with Gasteiger partial charge in [0, 0.05) is 6.04 Å². The molecule has 1 unspecified atom stereocenters. The molecular weight excluding hydrogens is 230 g/mol. The van der Waals surface area contributed by atoms with Crippen molar-refractivity contribution in [2.75, 3.05) is 0 Å². The van der Waals surface area contributed by atoms with Gasteiger partial charge in [-0.15, -0.1) is 0 Å². The Balaban J connectivity index is 3.10. The fourth-order valence-corrected chi connectivity index (χ4v) is 1.66. The molecule has 0 aliphatic rings. The smallest absolute Gasteiger partial charge is 0.133 e. The summed E-state index contributed by atoms with van der Waals surface area (Å²) in [6.07, 6.45) is 0.705. The molecule has 2 nitrogen and oxygen atoms in total. The van der Waals surface area contributed by atoms with Crippen LogP contribution in [-0.2, 0) is 6.42 Å². The third kappa shape index (κ3) is 2.45. The summed E-state index contributed by atoms with van der Waals surface area (Å²) in [4.78, 5) is 0. The molecule has 3 heteroatoms. The second-order valence-electron chi connectivity index (χ2n) is 3.37. The number of halogens is 1. The summed E-state index contributed by atoms with van der Waals surface area (Å²) in [5.41, 5.74) is 7.70. The van der Waals surface area contributed by atoms with Gasteiger partial charge in [0.25, 0.3) is 0 Å². The zero-order chi connectivity index (χ0) is 10.0. The molecule has 0 saturated carbocycles. The third-order valence-corrected chi connectivity index (χ3v) is 2.63. The minimum absolute atomic E-state index is 0.0684. The zero-order valence-electron chi connectivity index (χ0n) is 7.84. The first-order chi connectivity index (χ1) is 6.02. The van der Waals surface area contributed by atoms with Crippen molar-refractivity contribution in [1.82, 2.24) is 0 Å². The molecule has 0 spiro atoms. The third-order valence-electron chi connectivity index (χ3n) is 1.99. The van der Waals surface area contributed by atoms with Crippen LogP contribution in [0.4, 0.5) is 0 Å². The number of hydrogen-bond donors (Lipinski definition) is 2. The molecule has 0 aliphatic carbocycles. The van der Waals surface area contributed by atoms with Gasteiger partial charge in [-0.3, -0.25) is 0 Å². The van der Waals surface area contributed by atoms with Gasteiger partial charge in [0.05, 0.1) is 4.47 Å². The molecule has 0 aromatic heterocycles. The first-order valence-electron chi connectivity index (χ1n) is 4.25. The number of phenolic OH excluding ortho intramolecular Hbond substituents is 1. The largest absolute Gasteiger partial charge is 0.506 e. The van der Waals surface area contributed by atoms with Crippen molar-refractivity contribution in [2.45, 2.75) is 26.3 Å². The van der Waals surface area contributed by atoms with Gasteiger partial charge in [-0.1, -0.05) is 6.07 Å². The van der Waals surface area contributed by atoms with E-state index >= 15 is 0 Å². The van der Waals surface area contributed by atoms with Crippen molar-refractivity contribution >= 4 is 15.9 Å². The van der Waals surface area contributed by atoms with E-state index in [-0.39, 0.29) is 6.04 Å². The standard InChI is InChI=1S/C10H14BrNO/c1-6-3-4-9(11)10(13)8(6)5-7(2)12/h3-4,7,13H,5,12H2,1-2H3. The van der Waals surface area contributed by atoms with E-state index in [0.29, 0.717) is 12.2 Å². The van der Waals surface area contributed by atoms with Crippen molar-refractivity contribution < 1.29 is 5.11 Å². The number of rotatable bonds is 2. The summed E-state index contributed by atoms with van der Waals surface area (Å²) >= 11 is 3.28. The highest BCUT2D eigenvalue weighted by atomic mass is 79.9. The number of phenols is 1. The predicted octanol–water partition coefficient (Wildman–Crippen LogP) is 2.35. The van der Waals surface area contributed by atoms with Gasteiger partial charge in [-0.2, -0.15) is 0 Å². The summed E-state index contributed by atoms with van der Waals surface area (Å²) in [6, 6.07) is 3.88. The van der Waals surface area contributed by atoms with E-state index in [9.17, 15) is 5.11 Å². The number of nitrogens with two attached hydrogens (primary N) is 1. The van der Waals surface area contributed by atoms with Crippen LogP contribution in [-0.4, -0.2) is 11.1 Å². The number of hydrogen-bond acceptors (Lipinski definition) is 2. The van der Waals surface area contributed by atoms with Crippen LogP contribution < -0.4 is 5.73 Å². The van der Waals surface area contributed by atoms with Crippen molar-refractivity contribution in [3.05, 3.63) is 27.7 Å². The molecule has 72 valence electrons. The van der Waals surface area contributed by atoms with Crippen molar-refractivity contribution in [2.24, 2.45) is 5.73 Å². The van der Waals surface area contributed by atoms with E-state index in [1.165, 1.54) is 0 Å². The maximum absolute atomic E-state index is 9.72. The average molecular weight is 244 g/mol. The van der Waals surface area contributed by atoms with Crippen LogP contribution in [0.5, 0.6) is 5.75 Å². The quantitative estimate of drug-likeness (QED) is 0.838. The second kappa shape index (κ2) is 4.11. The van der Waals surface area contributed by atoms with Gasteiger partial charge < -0.3 is 10.8 Å². The lowest BCUT2D eigenvalue weighted by Crippen LogP contribution is -2.18. The van der Waals surface area contributed by atoms with Crippen molar-refractivity contribution in [3.63, 3.8) is 0 Å². The Morgan fingerprint density at radius 1 is 1.54 bits per heavy atom. The first kappa shape index (κ1) is 10.5. The molecule has 0 aliphatic heterocycles. The van der Waals surface area contributed by atoms with Gasteiger partial charge in [0.15, 0.2) is 0 Å². The van der Waals surface area contributed by atoms with Crippen LogP contribution in [0.25, 0.3) is 0 Å². The summed E-state index contributed by atoms with van der Waals surface area (Å²) in [6.45, 7) is 3.91. The number of aromatic hydroxyl groups is 1. The zero-order valence-corrected chi connectivity index (χ0v) is 9.43. The molecule has 0 saturated heterocycles. The molecule has 0 amide bonds. The predicted molar refractivity (Wildman–Crippen MR) is 57.9 cm³/mol. The van der Waals surface area contributed by atoms with Gasteiger partial charge in [-0.25, -0.2) is 0 Å². The van der Waals surface area contributed by atoms with Crippen LogP contribution in [0.2, 0.25) is 0 Å². The molecular formula is C10H14BrNO. The minimum Gasteiger partial charge on any atom is -0.506 e. The van der Waals surface area contributed by atoms with Crippen LogP contribution in [0.3, 0.4) is 0 Å². The summed E-state index contributed by atoms with van der Waals surface area (Å²) < 4.78 is 0.730. The Morgan fingerprint density at radius 3 is 2.69 bits per heavy atom. The normalized spacial score (nSPS) is 12.9. The summed E-state index contributed by atoms with van der Waals surface area (Å²) in [7, 11) is 0. The molecule has 1 aromatic rings. The van der Waals surface area contributed by atoms with Gasteiger partial charge in [0.2, 0.25) is 0 Å². The van der Waals surface area contributed by atoms with Gasteiger partial charge in [0.1, 0.15) is 5.75 Å². The van der Waals surface area contributed by atoms with E-state index in [1.54, 1.807) is 0 Å². The monoisotopic (exact) mass is 243 g/mol. The highest BCUT2D eigenvalue weighted by Gasteiger charge is 2.09. The van der Waals surface area contributed by atoms with Gasteiger partial charge in [-0.05, 0) is 53.4 Å². The lowest BCUT2D eigenvalue weighted by atomic mass is 10.0. The first-order valence-corrected chi connectivity index (χ1v) is 5.04. The highest BCUT2D eigenvalue weighted by Crippen LogP contribution is 2.30. The Labute approximate surface area is 86.9 Å². The lowest BCUT2D eigenvalue weighted by molar-refractivity contribution is 0.461. The van der Waals surface area contributed by atoms with E-state index in [4.69, 9.17) is 5.73 Å². The Kier molecular flexibility index (Phi) is 3.33. The number of aryl methyl sites for hydroxylation is 1. The topological polar surface area (TPSA) is 46.2 Å². The minimum atomic E-state index is 0.0684. The Morgan fingerprint density at radius 2 is 2.15 bits per heavy atom. The van der Waals surface area contributed by atoms with Crippen LogP contribution >= 0.6 is 15.9 Å². The molecule has 0 radical (unpaired) electrons. The second-order valence-corrected chi connectivity index (χ2v) is 4.23. The molecule has 0 heterocycles. The molecule has 0 bridgehead atoms. The maximum Gasteiger partial charge on any atom is 0.133 e. The van der Waals surface area contributed by atoms with Crippen molar-refractivity contribution in [1.29, 1.82) is 0 Å². The maximum atomic E-state index is 9.72. The summed E-state index contributed by atoms with van der Waals surface area (Å²) in [5.74, 6) is 0.317. The van der Waals surface area contributed by atoms with E-state index in [1.807, 2.05) is 26.0 Å². The van der Waals surface area contributed by atoms with E-state index < -0.39 is 0 Å². The summed E-state index contributed by atoms with van der Waals surface area (Å²) in [5, 5.41) is 9.72. The lowest BCUT2D eigenvalue weighted by Gasteiger charge is -2.11. The highest BCUT2D eigenvalue weighted by molar-refractivity contribution is 9.10. The molecule has 3 N–H and O–H groups in total. The van der Waals surface area contributed by atoms with Gasteiger partial charge >= 0.3 is 0 Å². The SMILES string of the molecule is Cc1ccc(Br)c(O)c1CC(C)N. The molecule has 1 rings (SSSR count). The molecule has 1 atom stereocenters. The van der Waals surface area contributed by atoms with E-state index in [0.717, 1.165) is 15.6 Å². The van der Waals surface area contributed by atoms with Crippen LogP contribution in [0.15, 0.2) is 16.6 Å². The Bertz CT molecular complexity index is 310. The van der Waals surface area contributed by atoms with Crippen molar-refractivity contribution in [3.8, 4) is 5.75 Å². The van der Waals surface area contributed by atoms with Crippen LogP contribution in [0, 0.1) is 6.92 Å². The fraction of sp³-hybridized carbons (Fsp3) is 0.400. The van der Waals surface area contributed by atoms with E-state index in [2.05, 4.69) is 15.9 Å². The number of benzene rings is 1. The van der Waals surface area contributed by atoms with Crippen LogP contribution in [0.1, 0.15) is 18.1 Å². The fourth-order valence-electron chi connectivity index (χ4n) is 1.29.